The fourth-order valence-corrected chi connectivity index (χ4v) is 5.37. The van der Waals surface area contributed by atoms with Gasteiger partial charge in [0, 0.05) is 21.8 Å². The van der Waals surface area contributed by atoms with E-state index >= 15 is 0 Å². The van der Waals surface area contributed by atoms with Crippen LogP contribution in [0.3, 0.4) is 0 Å². The van der Waals surface area contributed by atoms with Gasteiger partial charge in [0.1, 0.15) is 17.3 Å². The number of carbonyl (C=O) groups is 3. The van der Waals surface area contributed by atoms with Gasteiger partial charge in [-0.2, -0.15) is 0 Å². The van der Waals surface area contributed by atoms with Gasteiger partial charge >= 0.3 is 0 Å². The lowest BCUT2D eigenvalue weighted by Gasteiger charge is -2.31. The zero-order valence-corrected chi connectivity index (χ0v) is 22.4. The highest BCUT2D eigenvalue weighted by atomic mass is 16.5. The van der Waals surface area contributed by atoms with Crippen molar-refractivity contribution in [3.05, 3.63) is 58.7 Å². The van der Waals surface area contributed by atoms with Gasteiger partial charge in [-0.25, -0.2) is 0 Å². The van der Waals surface area contributed by atoms with Crippen LogP contribution in [-0.4, -0.2) is 63.6 Å². The van der Waals surface area contributed by atoms with Crippen LogP contribution >= 0.6 is 0 Å². The molecule has 3 rings (SSSR count). The number of Topliss-reactive ketones (excluding diaryl/α,β-unsaturated/α-hetero) is 3. The minimum Gasteiger partial charge on any atom is -0.507 e. The Hall–Kier alpha value is -3.53. The number of benzene rings is 2. The molecule has 2 aromatic rings. The van der Waals surface area contributed by atoms with Crippen LogP contribution in [0.15, 0.2) is 36.4 Å². The van der Waals surface area contributed by atoms with E-state index in [1.807, 2.05) is 12.2 Å². The summed E-state index contributed by atoms with van der Waals surface area (Å²) in [6, 6.07) is 8.38. The van der Waals surface area contributed by atoms with Crippen molar-refractivity contribution in [3.63, 3.8) is 0 Å². The molecular formula is C30H42O9. The van der Waals surface area contributed by atoms with E-state index in [0.717, 1.165) is 16.7 Å². The van der Waals surface area contributed by atoms with E-state index in [1.165, 1.54) is 20.1 Å². The van der Waals surface area contributed by atoms with Crippen molar-refractivity contribution in [1.82, 2.24) is 0 Å². The molecule has 39 heavy (non-hydrogen) atoms. The van der Waals surface area contributed by atoms with E-state index < -0.39 is 12.5 Å². The third-order valence-electron chi connectivity index (χ3n) is 7.21. The number of phenolic OH excluding ortho intramolecular Hbond substituents is 2. The summed E-state index contributed by atoms with van der Waals surface area (Å²) in [4.78, 5) is 37.2. The van der Waals surface area contributed by atoms with Crippen LogP contribution in [0.1, 0.15) is 62.5 Å². The molecule has 0 bridgehead atoms. The Morgan fingerprint density at radius 2 is 1.85 bits per heavy atom. The number of aliphatic hydroxyl groups is 2. The predicted octanol–water partition coefficient (Wildman–Crippen LogP) is 3.32. The Bertz CT molecular complexity index is 1210. The lowest BCUT2D eigenvalue weighted by atomic mass is 9.73. The summed E-state index contributed by atoms with van der Waals surface area (Å²) in [7, 11) is 1.48. The van der Waals surface area contributed by atoms with Crippen LogP contribution in [0, 0.1) is 17.8 Å². The van der Waals surface area contributed by atoms with Gasteiger partial charge in [-0.1, -0.05) is 24.3 Å². The van der Waals surface area contributed by atoms with Crippen LogP contribution in [0.4, 0.5) is 0 Å². The molecule has 0 fully saturated rings. The maximum Gasteiger partial charge on any atom is 0.167 e. The number of aliphatic hydroxyl groups excluding tert-OH is 2. The lowest BCUT2D eigenvalue weighted by molar-refractivity contribution is -0.131. The highest BCUT2D eigenvalue weighted by molar-refractivity contribution is 6.02. The number of fused-ring (bicyclic) bond motifs is 1. The van der Waals surface area contributed by atoms with Crippen LogP contribution in [-0.2, 0) is 22.4 Å². The topological polar surface area (TPSA) is 173 Å². The monoisotopic (exact) mass is 546 g/mol. The first-order valence-electron chi connectivity index (χ1n) is 12.8. The number of ether oxygens (including phenoxy) is 1. The van der Waals surface area contributed by atoms with Crippen molar-refractivity contribution >= 4 is 23.4 Å². The van der Waals surface area contributed by atoms with Crippen molar-refractivity contribution in [2.24, 2.45) is 17.8 Å². The second-order valence-corrected chi connectivity index (χ2v) is 9.98. The molecule has 9 nitrogen and oxygen atoms in total. The van der Waals surface area contributed by atoms with Gasteiger partial charge in [0.2, 0.25) is 0 Å². The molecule has 0 aromatic heterocycles. The molecule has 0 amide bonds. The van der Waals surface area contributed by atoms with E-state index in [0.29, 0.717) is 30.6 Å². The van der Waals surface area contributed by atoms with Crippen molar-refractivity contribution in [1.29, 1.82) is 0 Å². The number of carbonyl (C=O) groups excluding carboxylic acids is 3. The quantitative estimate of drug-likeness (QED) is 0.277. The zero-order chi connectivity index (χ0) is 27.8. The highest BCUT2D eigenvalue weighted by Gasteiger charge is 2.34. The minimum atomic E-state index is -0.784. The Morgan fingerprint density at radius 3 is 2.49 bits per heavy atom. The molecule has 0 saturated carbocycles. The van der Waals surface area contributed by atoms with E-state index in [1.54, 1.807) is 24.3 Å². The molecule has 3 atom stereocenters. The molecule has 9 heteroatoms. The Morgan fingerprint density at radius 1 is 1.13 bits per heavy atom. The third-order valence-corrected chi connectivity index (χ3v) is 7.21. The average Bonchev–Trinajstić information content (AvgIpc) is 2.86. The van der Waals surface area contributed by atoms with Crippen LogP contribution in [0.2, 0.25) is 0 Å². The fraction of sp³-hybridized carbons (Fsp3) is 0.433. The molecule has 1 aliphatic carbocycles. The summed E-state index contributed by atoms with van der Waals surface area (Å²) in [5, 5.41) is 39.8. The maximum atomic E-state index is 13.1. The number of phenols is 2. The van der Waals surface area contributed by atoms with E-state index in [4.69, 9.17) is 4.74 Å². The molecule has 0 spiro atoms. The first kappa shape index (κ1) is 31.7. The van der Waals surface area contributed by atoms with Gasteiger partial charge in [-0.3, -0.25) is 14.4 Å². The number of rotatable bonds is 13. The van der Waals surface area contributed by atoms with Gasteiger partial charge in [-0.05, 0) is 79.3 Å². The molecular weight excluding hydrogens is 504 g/mol. The summed E-state index contributed by atoms with van der Waals surface area (Å²) in [6.07, 6.45) is 5.48. The molecule has 0 aliphatic heterocycles. The van der Waals surface area contributed by atoms with Crippen molar-refractivity contribution in [2.45, 2.75) is 45.4 Å². The summed E-state index contributed by atoms with van der Waals surface area (Å²) in [5.74, 6) is -1.77. The van der Waals surface area contributed by atoms with Gasteiger partial charge in [0.15, 0.2) is 17.3 Å². The smallest absolute Gasteiger partial charge is 0.167 e. The van der Waals surface area contributed by atoms with Crippen LogP contribution in [0.25, 0.3) is 6.08 Å². The number of hydrogen-bond donors (Lipinski definition) is 4. The Kier molecular flexibility index (Phi) is 11.8. The second-order valence-electron chi connectivity index (χ2n) is 9.98. The highest BCUT2D eigenvalue weighted by Crippen LogP contribution is 2.38. The van der Waals surface area contributed by atoms with Crippen LogP contribution < -0.4 is 4.74 Å². The predicted molar refractivity (Wildman–Crippen MR) is 150 cm³/mol. The normalized spacial score (nSPS) is 16.3. The number of aromatic hydroxyl groups is 2. The van der Waals surface area contributed by atoms with Crippen molar-refractivity contribution < 1.29 is 47.9 Å². The number of ketones is 3. The SMILES string of the molecule is COc1cc(C/C=C\c2ccc(O)c3c2CC(CC(CCO)C(CO)C(=O)CC(C)=O)CC3=O)ccc1O.O.[HH].[HH]. The second kappa shape index (κ2) is 14.6. The summed E-state index contributed by atoms with van der Waals surface area (Å²) >= 11 is 0. The first-order chi connectivity index (χ1) is 18.2. The van der Waals surface area contributed by atoms with Crippen LogP contribution in [0.5, 0.6) is 17.2 Å². The molecule has 0 saturated heterocycles. The minimum absolute atomic E-state index is 0. The molecule has 0 heterocycles. The molecule has 0 radical (unpaired) electrons. The van der Waals surface area contributed by atoms with Crippen molar-refractivity contribution in [3.8, 4) is 17.2 Å². The average molecular weight is 547 g/mol. The molecule has 2 aromatic carbocycles. The van der Waals surface area contributed by atoms with Gasteiger partial charge < -0.3 is 30.6 Å². The van der Waals surface area contributed by atoms with Crippen molar-refractivity contribution in [2.75, 3.05) is 20.3 Å². The molecule has 1 aliphatic rings. The number of methoxy groups -OCH3 is 1. The lowest BCUT2D eigenvalue weighted by Crippen LogP contribution is -2.32. The van der Waals surface area contributed by atoms with Gasteiger partial charge in [-0.15, -0.1) is 0 Å². The van der Waals surface area contributed by atoms with E-state index in [-0.39, 0.29) is 74.9 Å². The third kappa shape index (κ3) is 7.98. The van der Waals surface area contributed by atoms with E-state index in [9.17, 15) is 34.8 Å². The molecule has 216 valence electrons. The number of allylic oxidation sites excluding steroid dienone is 1. The number of hydrogen-bond acceptors (Lipinski definition) is 8. The molecule has 6 N–H and O–H groups in total. The van der Waals surface area contributed by atoms with Gasteiger partial charge in [0.25, 0.3) is 0 Å². The Balaban J connectivity index is 0.00000533. The summed E-state index contributed by atoms with van der Waals surface area (Å²) < 4.78 is 5.16. The summed E-state index contributed by atoms with van der Waals surface area (Å²) in [5.41, 5.74) is 2.75. The summed E-state index contributed by atoms with van der Waals surface area (Å²) in [6.45, 7) is 0.719. The zero-order valence-electron chi connectivity index (χ0n) is 22.4. The standard InChI is InChI=1S/C30H36O8.H2O.2H2/c1-18(33)12-27(36)24(17-32)22(10-11-31)13-20-14-23-21(7-9-26(35)30(23)28(37)15-20)5-3-4-19-6-8-25(34)29(16-19)38-2;;;/h3,5-9,16,20,22,24,31-32,34-35H,4,10-15,17H2,1-2H3;1H2;2*1H/b5-3-;;;. The molecule has 3 unspecified atom stereocenters. The first-order valence-corrected chi connectivity index (χ1v) is 12.8. The van der Waals surface area contributed by atoms with E-state index in [2.05, 4.69) is 0 Å². The largest absolute Gasteiger partial charge is 0.507 e. The van der Waals surface area contributed by atoms with Gasteiger partial charge in [0.05, 0.1) is 25.7 Å². The fourth-order valence-electron chi connectivity index (χ4n) is 5.37. The maximum absolute atomic E-state index is 13.1. The Labute approximate surface area is 231 Å².